The van der Waals surface area contributed by atoms with Gasteiger partial charge in [-0.25, -0.2) is 4.79 Å². The van der Waals surface area contributed by atoms with Gasteiger partial charge in [0.05, 0.1) is 0 Å². The van der Waals surface area contributed by atoms with E-state index in [1.807, 2.05) is 0 Å². The summed E-state index contributed by atoms with van der Waals surface area (Å²) in [5.74, 6) is -0.0416. The molecular weight excluding hydrogens is 294 g/mol. The number of nitrogens with one attached hydrogen (secondary N) is 2. The molecule has 0 fully saturated rings. The van der Waals surface area contributed by atoms with Gasteiger partial charge in [-0.2, -0.15) is 8.78 Å². The van der Waals surface area contributed by atoms with Gasteiger partial charge >= 0.3 is 12.6 Å². The lowest BCUT2D eigenvalue weighted by Gasteiger charge is -2.12. The van der Waals surface area contributed by atoms with Crippen molar-refractivity contribution in [1.82, 2.24) is 10.6 Å². The third-order valence-corrected chi connectivity index (χ3v) is 2.53. The average Bonchev–Trinajstić information content (AvgIpc) is 2.39. The largest absolute Gasteiger partial charge is 0.434 e. The van der Waals surface area contributed by atoms with Crippen LogP contribution in [0.15, 0.2) is 18.2 Å². The lowest BCUT2D eigenvalue weighted by Crippen LogP contribution is -2.35. The molecular formula is C12H15ClF2N2O3. The van der Waals surface area contributed by atoms with E-state index in [9.17, 15) is 13.6 Å². The molecule has 0 saturated carbocycles. The van der Waals surface area contributed by atoms with Crippen LogP contribution in [0, 0.1) is 0 Å². The number of aliphatic hydroxyl groups excluding tert-OH is 1. The van der Waals surface area contributed by atoms with E-state index in [-0.39, 0.29) is 18.9 Å². The second-order valence-corrected chi connectivity index (χ2v) is 4.25. The van der Waals surface area contributed by atoms with Gasteiger partial charge in [0.15, 0.2) is 0 Å². The number of hydrogen-bond donors (Lipinski definition) is 3. The van der Waals surface area contributed by atoms with Crippen molar-refractivity contribution in [2.75, 3.05) is 13.2 Å². The Bertz CT molecular complexity index is 447. The molecule has 5 nitrogen and oxygen atoms in total. The average molecular weight is 309 g/mol. The first-order valence-corrected chi connectivity index (χ1v) is 6.26. The summed E-state index contributed by atoms with van der Waals surface area (Å²) < 4.78 is 28.8. The molecule has 20 heavy (non-hydrogen) atoms. The summed E-state index contributed by atoms with van der Waals surface area (Å²) in [5, 5.41) is 13.9. The maximum Gasteiger partial charge on any atom is 0.387 e. The summed E-state index contributed by atoms with van der Waals surface area (Å²) in [4.78, 5) is 11.4. The van der Waals surface area contributed by atoms with Crippen molar-refractivity contribution < 1.29 is 23.4 Å². The molecule has 0 atom stereocenters. The van der Waals surface area contributed by atoms with E-state index >= 15 is 0 Å². The van der Waals surface area contributed by atoms with Crippen molar-refractivity contribution in [2.24, 2.45) is 0 Å². The van der Waals surface area contributed by atoms with Crippen molar-refractivity contribution in [1.29, 1.82) is 0 Å². The lowest BCUT2D eigenvalue weighted by molar-refractivity contribution is -0.0504. The minimum absolute atomic E-state index is 0.00638. The number of benzene rings is 1. The van der Waals surface area contributed by atoms with Crippen LogP contribution in [-0.4, -0.2) is 30.9 Å². The number of hydrogen-bond acceptors (Lipinski definition) is 3. The number of carbonyl (C=O) groups is 1. The predicted octanol–water partition coefficient (Wildman–Crippen LogP) is 2.12. The molecule has 3 N–H and O–H groups in total. The van der Waals surface area contributed by atoms with Crippen LogP contribution in [0.2, 0.25) is 5.02 Å². The molecule has 2 amide bonds. The molecule has 1 rings (SSSR count). The Labute approximate surface area is 119 Å². The van der Waals surface area contributed by atoms with E-state index in [1.165, 1.54) is 18.2 Å². The molecule has 0 aliphatic rings. The molecule has 0 aliphatic heterocycles. The van der Waals surface area contributed by atoms with Crippen molar-refractivity contribution in [2.45, 2.75) is 19.6 Å². The Kier molecular flexibility index (Phi) is 7.03. The number of aliphatic hydroxyl groups is 1. The Balaban J connectivity index is 2.57. The van der Waals surface area contributed by atoms with Gasteiger partial charge in [0.25, 0.3) is 0 Å². The zero-order valence-electron chi connectivity index (χ0n) is 10.5. The third-order valence-electron chi connectivity index (χ3n) is 2.30. The summed E-state index contributed by atoms with van der Waals surface area (Å²) >= 11 is 5.77. The highest BCUT2D eigenvalue weighted by Gasteiger charge is 2.11. The molecule has 0 aromatic heterocycles. The molecule has 0 saturated heterocycles. The molecule has 0 aliphatic carbocycles. The Morgan fingerprint density at radius 2 is 2.15 bits per heavy atom. The third kappa shape index (κ3) is 6.03. The van der Waals surface area contributed by atoms with E-state index < -0.39 is 12.6 Å². The fraction of sp³-hybridized carbons (Fsp3) is 0.417. The van der Waals surface area contributed by atoms with Gasteiger partial charge in [0.2, 0.25) is 0 Å². The predicted molar refractivity (Wildman–Crippen MR) is 70.0 cm³/mol. The summed E-state index contributed by atoms with van der Waals surface area (Å²) in [6, 6.07) is 3.70. The van der Waals surface area contributed by atoms with Crippen LogP contribution in [0.4, 0.5) is 13.6 Å². The van der Waals surface area contributed by atoms with Gasteiger partial charge in [-0.1, -0.05) is 11.6 Å². The number of ether oxygens (including phenoxy) is 1. The maximum atomic E-state index is 12.2. The number of alkyl halides is 2. The number of urea groups is 1. The minimum atomic E-state index is -2.95. The Morgan fingerprint density at radius 1 is 1.40 bits per heavy atom. The molecule has 112 valence electrons. The minimum Gasteiger partial charge on any atom is -0.434 e. The molecule has 0 bridgehead atoms. The van der Waals surface area contributed by atoms with Crippen molar-refractivity contribution in [3.8, 4) is 5.75 Å². The van der Waals surface area contributed by atoms with Crippen LogP contribution in [0.3, 0.4) is 0 Å². The van der Waals surface area contributed by atoms with E-state index in [2.05, 4.69) is 15.4 Å². The number of carbonyl (C=O) groups excluding carboxylic acids is 1. The first kappa shape index (κ1) is 16.5. The van der Waals surface area contributed by atoms with Gasteiger partial charge in [0.1, 0.15) is 5.75 Å². The Morgan fingerprint density at radius 3 is 2.80 bits per heavy atom. The van der Waals surface area contributed by atoms with E-state index in [1.54, 1.807) is 0 Å². The molecule has 1 aromatic rings. The number of halogens is 3. The Hall–Kier alpha value is -1.60. The molecule has 0 spiro atoms. The summed E-state index contributed by atoms with van der Waals surface area (Å²) in [5.41, 5.74) is 0.343. The van der Waals surface area contributed by atoms with Crippen LogP contribution in [0.1, 0.15) is 12.0 Å². The fourth-order valence-electron chi connectivity index (χ4n) is 1.42. The highest BCUT2D eigenvalue weighted by atomic mass is 35.5. The quantitative estimate of drug-likeness (QED) is 0.676. The second-order valence-electron chi connectivity index (χ2n) is 3.82. The van der Waals surface area contributed by atoms with Crippen molar-refractivity contribution in [3.63, 3.8) is 0 Å². The highest BCUT2D eigenvalue weighted by molar-refractivity contribution is 6.30. The van der Waals surface area contributed by atoms with E-state index in [4.69, 9.17) is 16.7 Å². The molecule has 1 aromatic carbocycles. The van der Waals surface area contributed by atoms with Crippen LogP contribution in [0.5, 0.6) is 5.75 Å². The number of amides is 2. The van der Waals surface area contributed by atoms with Crippen molar-refractivity contribution in [3.05, 3.63) is 28.8 Å². The second kappa shape index (κ2) is 8.55. The molecule has 8 heteroatoms. The van der Waals surface area contributed by atoms with E-state index in [0.29, 0.717) is 23.6 Å². The molecule has 0 unspecified atom stereocenters. The fourth-order valence-corrected chi connectivity index (χ4v) is 1.61. The zero-order chi connectivity index (χ0) is 15.0. The maximum absolute atomic E-state index is 12.2. The van der Waals surface area contributed by atoms with Crippen LogP contribution >= 0.6 is 11.6 Å². The summed E-state index contributed by atoms with van der Waals surface area (Å²) in [6.45, 7) is -2.67. The van der Waals surface area contributed by atoms with Gasteiger partial charge in [-0.05, 0) is 24.6 Å². The van der Waals surface area contributed by atoms with Crippen LogP contribution in [0.25, 0.3) is 0 Å². The summed E-state index contributed by atoms with van der Waals surface area (Å²) in [6.07, 6.45) is 0.435. The first-order chi connectivity index (χ1) is 9.52. The molecule has 0 heterocycles. The topological polar surface area (TPSA) is 70.6 Å². The lowest BCUT2D eigenvalue weighted by atomic mass is 10.2. The SMILES string of the molecule is O=C(NCCCO)NCc1cc(Cl)ccc1OC(F)F. The van der Waals surface area contributed by atoms with Gasteiger partial charge < -0.3 is 20.5 Å². The standard InChI is InChI=1S/C12H15ClF2N2O3/c13-9-2-3-10(20-11(14)15)8(6-9)7-17-12(19)16-4-1-5-18/h2-3,6,11,18H,1,4-5,7H2,(H2,16,17,19). The van der Waals surface area contributed by atoms with Gasteiger partial charge in [-0.15, -0.1) is 0 Å². The van der Waals surface area contributed by atoms with Crippen molar-refractivity contribution >= 4 is 17.6 Å². The van der Waals surface area contributed by atoms with E-state index in [0.717, 1.165) is 0 Å². The highest BCUT2D eigenvalue weighted by Crippen LogP contribution is 2.24. The van der Waals surface area contributed by atoms with Crippen LogP contribution < -0.4 is 15.4 Å². The van der Waals surface area contributed by atoms with Gasteiger partial charge in [-0.3, -0.25) is 0 Å². The smallest absolute Gasteiger partial charge is 0.387 e. The summed E-state index contributed by atoms with van der Waals surface area (Å²) in [7, 11) is 0. The first-order valence-electron chi connectivity index (χ1n) is 5.88. The normalized spacial score (nSPS) is 10.4. The monoisotopic (exact) mass is 308 g/mol. The zero-order valence-corrected chi connectivity index (χ0v) is 11.3. The number of rotatable bonds is 7. The van der Waals surface area contributed by atoms with Gasteiger partial charge in [0, 0.05) is 30.3 Å². The molecule has 0 radical (unpaired) electrons. The van der Waals surface area contributed by atoms with Crippen LogP contribution in [-0.2, 0) is 6.54 Å².